The zero-order chi connectivity index (χ0) is 10.9. The van der Waals surface area contributed by atoms with Crippen LogP contribution in [0.1, 0.15) is 31.1 Å². The average Bonchev–Trinajstić information content (AvgIpc) is 2.07. The minimum absolute atomic E-state index is 0.113. The quantitative estimate of drug-likeness (QED) is 0.726. The maximum Gasteiger partial charge on any atom is 0.171 e. The number of para-hydroxylation sites is 1. The molecule has 0 aliphatic carbocycles. The molecule has 76 valence electrons. The van der Waals surface area contributed by atoms with Crippen molar-refractivity contribution in [3.8, 4) is 5.75 Å². The highest BCUT2D eigenvalue weighted by atomic mass is 35.5. The Balaban J connectivity index is 3.21. The van der Waals surface area contributed by atoms with Crippen molar-refractivity contribution in [2.75, 3.05) is 0 Å². The molecule has 0 aliphatic heterocycles. The van der Waals surface area contributed by atoms with E-state index in [9.17, 15) is 9.90 Å². The average molecular weight is 213 g/mol. The predicted octanol–water partition coefficient (Wildman–Crippen LogP) is 3.27. The zero-order valence-corrected chi connectivity index (χ0v) is 9.22. The molecule has 1 N–H and O–H groups in total. The molecule has 0 radical (unpaired) electrons. The van der Waals surface area contributed by atoms with Crippen LogP contribution in [0.2, 0.25) is 5.02 Å². The summed E-state index contributed by atoms with van der Waals surface area (Å²) in [5.41, 5.74) is -0.229. The van der Waals surface area contributed by atoms with Crippen LogP contribution in [0.3, 0.4) is 0 Å². The van der Waals surface area contributed by atoms with E-state index in [0.717, 1.165) is 0 Å². The van der Waals surface area contributed by atoms with E-state index in [2.05, 4.69) is 0 Å². The van der Waals surface area contributed by atoms with Crippen LogP contribution in [0.5, 0.6) is 5.75 Å². The van der Waals surface area contributed by atoms with Crippen LogP contribution in [0.25, 0.3) is 0 Å². The molecule has 0 bridgehead atoms. The number of Topliss-reactive ketones (excluding diaryl/α,β-unsaturated/α-hetero) is 1. The van der Waals surface area contributed by atoms with E-state index in [-0.39, 0.29) is 22.1 Å². The van der Waals surface area contributed by atoms with E-state index in [0.29, 0.717) is 0 Å². The first-order valence-corrected chi connectivity index (χ1v) is 4.74. The number of aromatic hydroxyl groups is 1. The van der Waals surface area contributed by atoms with Gasteiger partial charge in [0.25, 0.3) is 0 Å². The number of rotatable bonds is 1. The van der Waals surface area contributed by atoms with Gasteiger partial charge >= 0.3 is 0 Å². The van der Waals surface area contributed by atoms with Gasteiger partial charge in [-0.2, -0.15) is 0 Å². The van der Waals surface area contributed by atoms with Gasteiger partial charge in [-0.15, -0.1) is 0 Å². The summed E-state index contributed by atoms with van der Waals surface area (Å²) in [6.07, 6.45) is 0. The van der Waals surface area contributed by atoms with Gasteiger partial charge < -0.3 is 5.11 Å². The number of carbonyl (C=O) groups excluding carboxylic acids is 1. The fourth-order valence-corrected chi connectivity index (χ4v) is 1.28. The van der Waals surface area contributed by atoms with Crippen LogP contribution in [0.4, 0.5) is 0 Å². The zero-order valence-electron chi connectivity index (χ0n) is 8.47. The summed E-state index contributed by atoms with van der Waals surface area (Å²) in [6, 6.07) is 4.78. The summed E-state index contributed by atoms with van der Waals surface area (Å²) in [5.74, 6) is -0.244. The molecule has 0 amide bonds. The maximum atomic E-state index is 11.8. The van der Waals surface area contributed by atoms with Crippen molar-refractivity contribution in [1.82, 2.24) is 0 Å². The number of ketones is 1. The molecular formula is C11H13ClO2. The van der Waals surface area contributed by atoms with Gasteiger partial charge in [0, 0.05) is 5.41 Å². The third-order valence-electron chi connectivity index (χ3n) is 1.91. The monoisotopic (exact) mass is 212 g/mol. The fourth-order valence-electron chi connectivity index (χ4n) is 1.10. The van der Waals surface area contributed by atoms with Crippen molar-refractivity contribution in [3.63, 3.8) is 0 Å². The molecule has 2 nitrogen and oxygen atoms in total. The second kappa shape index (κ2) is 3.62. The van der Waals surface area contributed by atoms with Gasteiger partial charge in [0.15, 0.2) is 5.78 Å². The van der Waals surface area contributed by atoms with Gasteiger partial charge in [-0.1, -0.05) is 38.4 Å². The highest BCUT2D eigenvalue weighted by Crippen LogP contribution is 2.31. The molecule has 1 aromatic rings. The van der Waals surface area contributed by atoms with E-state index in [1.807, 2.05) is 0 Å². The maximum absolute atomic E-state index is 11.8. The van der Waals surface area contributed by atoms with E-state index >= 15 is 0 Å². The van der Waals surface area contributed by atoms with Crippen molar-refractivity contribution in [2.45, 2.75) is 20.8 Å². The summed E-state index contributed by atoms with van der Waals surface area (Å²) < 4.78 is 0. The molecule has 0 fully saturated rings. The Labute approximate surface area is 88.5 Å². The van der Waals surface area contributed by atoms with E-state index < -0.39 is 5.41 Å². The molecule has 0 saturated carbocycles. The minimum atomic E-state index is -0.512. The number of halogens is 1. The number of carbonyl (C=O) groups is 1. The van der Waals surface area contributed by atoms with Crippen molar-refractivity contribution in [1.29, 1.82) is 0 Å². The van der Waals surface area contributed by atoms with Crippen LogP contribution in [0, 0.1) is 5.41 Å². The van der Waals surface area contributed by atoms with Crippen LogP contribution in [0.15, 0.2) is 18.2 Å². The second-order valence-electron chi connectivity index (χ2n) is 4.22. The molecule has 0 spiro atoms. The SMILES string of the molecule is CC(C)(C)C(=O)c1cccc(Cl)c1O. The molecule has 0 aromatic heterocycles. The van der Waals surface area contributed by atoms with Gasteiger partial charge in [0.1, 0.15) is 5.75 Å². The molecule has 1 rings (SSSR count). The van der Waals surface area contributed by atoms with E-state index in [1.165, 1.54) is 0 Å². The molecule has 3 heteroatoms. The van der Waals surface area contributed by atoms with Crippen molar-refractivity contribution in [2.24, 2.45) is 5.41 Å². The lowest BCUT2D eigenvalue weighted by Gasteiger charge is -2.17. The number of benzene rings is 1. The standard InChI is InChI=1S/C11H13ClO2/c1-11(2,3)10(14)7-5-4-6-8(12)9(7)13/h4-6,13H,1-3H3. The molecule has 0 aliphatic rings. The first kappa shape index (κ1) is 11.1. The predicted molar refractivity (Wildman–Crippen MR) is 56.9 cm³/mol. The van der Waals surface area contributed by atoms with Gasteiger partial charge in [-0.3, -0.25) is 4.79 Å². The normalized spacial score (nSPS) is 11.4. The van der Waals surface area contributed by atoms with Crippen LogP contribution >= 0.6 is 11.6 Å². The Bertz CT molecular complexity index is 364. The Morgan fingerprint density at radius 1 is 1.36 bits per heavy atom. The summed E-state index contributed by atoms with van der Waals surface area (Å²) in [5, 5.41) is 9.79. The molecular weight excluding hydrogens is 200 g/mol. The third-order valence-corrected chi connectivity index (χ3v) is 2.22. The molecule has 0 saturated heterocycles. The van der Waals surface area contributed by atoms with Crippen LogP contribution in [-0.2, 0) is 0 Å². The first-order chi connectivity index (χ1) is 6.34. The lowest BCUT2D eigenvalue weighted by Crippen LogP contribution is -2.20. The molecule has 0 unspecified atom stereocenters. The molecule has 0 atom stereocenters. The minimum Gasteiger partial charge on any atom is -0.506 e. The third kappa shape index (κ3) is 2.07. The highest BCUT2D eigenvalue weighted by Gasteiger charge is 2.25. The number of phenolic OH excluding ortho intramolecular Hbond substituents is 1. The van der Waals surface area contributed by atoms with Gasteiger partial charge in [-0.25, -0.2) is 0 Å². The van der Waals surface area contributed by atoms with E-state index in [1.54, 1.807) is 39.0 Å². The first-order valence-electron chi connectivity index (χ1n) is 4.36. The lowest BCUT2D eigenvalue weighted by molar-refractivity contribution is 0.0855. The molecule has 0 heterocycles. The largest absolute Gasteiger partial charge is 0.506 e. The Hall–Kier alpha value is -1.02. The summed E-state index contributed by atoms with van der Waals surface area (Å²) in [7, 11) is 0. The fraction of sp³-hybridized carbons (Fsp3) is 0.364. The van der Waals surface area contributed by atoms with Gasteiger partial charge in [0.05, 0.1) is 10.6 Å². The number of phenols is 1. The lowest BCUT2D eigenvalue weighted by atomic mass is 9.86. The van der Waals surface area contributed by atoms with Gasteiger partial charge in [-0.05, 0) is 12.1 Å². The highest BCUT2D eigenvalue weighted by molar-refractivity contribution is 6.32. The second-order valence-corrected chi connectivity index (χ2v) is 4.62. The number of hydrogen-bond acceptors (Lipinski definition) is 2. The van der Waals surface area contributed by atoms with Crippen molar-refractivity contribution < 1.29 is 9.90 Å². The van der Waals surface area contributed by atoms with Crippen LogP contribution < -0.4 is 0 Å². The molecule has 14 heavy (non-hydrogen) atoms. The summed E-state index contributed by atoms with van der Waals surface area (Å²) in [6.45, 7) is 5.40. The smallest absolute Gasteiger partial charge is 0.171 e. The summed E-state index contributed by atoms with van der Waals surface area (Å²) >= 11 is 5.71. The summed E-state index contributed by atoms with van der Waals surface area (Å²) in [4.78, 5) is 11.8. The Kier molecular flexibility index (Phi) is 2.86. The van der Waals surface area contributed by atoms with Crippen LogP contribution in [-0.4, -0.2) is 10.9 Å². The van der Waals surface area contributed by atoms with E-state index in [4.69, 9.17) is 11.6 Å². The van der Waals surface area contributed by atoms with Crippen molar-refractivity contribution >= 4 is 17.4 Å². The van der Waals surface area contributed by atoms with Crippen molar-refractivity contribution in [3.05, 3.63) is 28.8 Å². The number of hydrogen-bond donors (Lipinski definition) is 1. The molecule has 1 aromatic carbocycles. The van der Waals surface area contributed by atoms with Gasteiger partial charge in [0.2, 0.25) is 0 Å². The topological polar surface area (TPSA) is 37.3 Å². The Morgan fingerprint density at radius 2 is 1.93 bits per heavy atom. The Morgan fingerprint density at radius 3 is 2.43 bits per heavy atom.